The second-order valence-corrected chi connectivity index (χ2v) is 10.8. The van der Waals surface area contributed by atoms with Crippen molar-refractivity contribution >= 4 is 0 Å². The summed E-state index contributed by atoms with van der Waals surface area (Å²) in [5, 5.41) is 0. The van der Waals surface area contributed by atoms with E-state index in [2.05, 4.69) is 38.1 Å². The molecule has 0 nitrogen and oxygen atoms in total. The average Bonchev–Trinajstić information content (AvgIpc) is 2.75. The smallest absolute Gasteiger partial charge is 0.0162 e. The minimum atomic E-state index is 0.837. The van der Waals surface area contributed by atoms with Crippen LogP contribution in [-0.4, -0.2) is 0 Å². The summed E-state index contributed by atoms with van der Waals surface area (Å²) >= 11 is 0. The highest BCUT2D eigenvalue weighted by Crippen LogP contribution is 2.45. The van der Waals surface area contributed by atoms with Crippen molar-refractivity contribution in [2.24, 2.45) is 23.7 Å². The zero-order chi connectivity index (χ0) is 19.3. The van der Waals surface area contributed by atoms with E-state index in [9.17, 15) is 0 Å². The van der Waals surface area contributed by atoms with Gasteiger partial charge in [-0.15, -0.1) is 0 Å². The Balaban J connectivity index is 1.25. The van der Waals surface area contributed by atoms with Gasteiger partial charge < -0.3 is 0 Å². The maximum atomic E-state index is 2.49. The Morgan fingerprint density at radius 3 is 1.50 bits per heavy atom. The van der Waals surface area contributed by atoms with Crippen LogP contribution in [0.15, 0.2) is 24.3 Å². The van der Waals surface area contributed by atoms with Gasteiger partial charge in [0.2, 0.25) is 0 Å². The fraction of sp³-hybridized carbons (Fsp3) is 0.786. The Kier molecular flexibility index (Phi) is 7.18. The van der Waals surface area contributed by atoms with Crippen LogP contribution in [0.4, 0.5) is 0 Å². The van der Waals surface area contributed by atoms with Gasteiger partial charge in [-0.05, 0) is 98.0 Å². The lowest BCUT2D eigenvalue weighted by molar-refractivity contribution is 0.156. The standard InChI is InChI=1S/C28H44/c1-3-4-22-7-11-24(12-8-22)26-15-19-28(20-16-26)27-17-13-25(14-18-27)23-9-5-21(2)6-10-23/h13-14,17-18,21-24,26,28H,3-12,15-16,19-20H2,1-2H3. The molecule has 156 valence electrons. The van der Waals surface area contributed by atoms with E-state index in [0.717, 1.165) is 35.5 Å². The fourth-order valence-electron chi connectivity index (χ4n) is 6.91. The van der Waals surface area contributed by atoms with Gasteiger partial charge >= 0.3 is 0 Å². The first kappa shape index (κ1) is 20.5. The van der Waals surface area contributed by atoms with Gasteiger partial charge in [-0.1, -0.05) is 76.6 Å². The second-order valence-electron chi connectivity index (χ2n) is 10.8. The molecule has 0 aromatic heterocycles. The number of benzene rings is 1. The molecule has 28 heavy (non-hydrogen) atoms. The summed E-state index contributed by atoms with van der Waals surface area (Å²) in [6.07, 6.45) is 20.6. The van der Waals surface area contributed by atoms with E-state index < -0.39 is 0 Å². The number of rotatable bonds is 5. The summed E-state index contributed by atoms with van der Waals surface area (Å²) in [6.45, 7) is 4.78. The Morgan fingerprint density at radius 2 is 1.04 bits per heavy atom. The van der Waals surface area contributed by atoms with Crippen molar-refractivity contribution in [3.05, 3.63) is 35.4 Å². The lowest BCUT2D eigenvalue weighted by Crippen LogP contribution is -2.25. The molecule has 0 N–H and O–H groups in total. The van der Waals surface area contributed by atoms with Crippen molar-refractivity contribution in [1.82, 2.24) is 0 Å². The average molecular weight is 381 g/mol. The van der Waals surface area contributed by atoms with Gasteiger partial charge in [0, 0.05) is 0 Å². The molecular weight excluding hydrogens is 336 g/mol. The third-order valence-corrected chi connectivity index (χ3v) is 8.92. The van der Waals surface area contributed by atoms with Crippen molar-refractivity contribution in [3.63, 3.8) is 0 Å². The Labute approximate surface area is 174 Å². The zero-order valence-electron chi connectivity index (χ0n) is 18.7. The molecule has 0 radical (unpaired) electrons. The predicted molar refractivity (Wildman–Crippen MR) is 122 cm³/mol. The highest BCUT2D eigenvalue weighted by molar-refractivity contribution is 5.28. The van der Waals surface area contributed by atoms with E-state index in [1.54, 1.807) is 11.1 Å². The van der Waals surface area contributed by atoms with Gasteiger partial charge in [0.05, 0.1) is 0 Å². The first-order chi connectivity index (χ1) is 13.7. The van der Waals surface area contributed by atoms with Gasteiger partial charge in [-0.25, -0.2) is 0 Å². The molecule has 1 aromatic carbocycles. The normalized spacial score (nSPS) is 36.9. The van der Waals surface area contributed by atoms with Crippen LogP contribution in [0.2, 0.25) is 0 Å². The molecule has 0 heterocycles. The van der Waals surface area contributed by atoms with Crippen molar-refractivity contribution in [2.45, 2.75) is 116 Å². The molecule has 0 amide bonds. The molecule has 0 spiro atoms. The zero-order valence-corrected chi connectivity index (χ0v) is 18.7. The van der Waals surface area contributed by atoms with Crippen molar-refractivity contribution < 1.29 is 0 Å². The molecule has 3 aliphatic rings. The van der Waals surface area contributed by atoms with Crippen LogP contribution in [0.3, 0.4) is 0 Å². The molecule has 0 aliphatic heterocycles. The summed E-state index contributed by atoms with van der Waals surface area (Å²) in [4.78, 5) is 0. The van der Waals surface area contributed by atoms with E-state index in [4.69, 9.17) is 0 Å². The summed E-state index contributed by atoms with van der Waals surface area (Å²) in [6, 6.07) is 9.96. The Hall–Kier alpha value is -0.780. The minimum absolute atomic E-state index is 0.837. The van der Waals surface area contributed by atoms with Gasteiger partial charge in [-0.2, -0.15) is 0 Å². The van der Waals surface area contributed by atoms with Gasteiger partial charge in [0.25, 0.3) is 0 Å². The van der Waals surface area contributed by atoms with Crippen LogP contribution in [0.25, 0.3) is 0 Å². The van der Waals surface area contributed by atoms with Crippen molar-refractivity contribution in [2.75, 3.05) is 0 Å². The summed E-state index contributed by atoms with van der Waals surface area (Å²) < 4.78 is 0. The lowest BCUT2D eigenvalue weighted by Gasteiger charge is -2.38. The molecule has 0 atom stereocenters. The maximum Gasteiger partial charge on any atom is -0.0162 e. The topological polar surface area (TPSA) is 0 Å². The monoisotopic (exact) mass is 380 g/mol. The molecule has 1 aromatic rings. The van der Waals surface area contributed by atoms with Crippen LogP contribution in [-0.2, 0) is 0 Å². The van der Waals surface area contributed by atoms with E-state index in [-0.39, 0.29) is 0 Å². The minimum Gasteiger partial charge on any atom is -0.0654 e. The molecule has 0 unspecified atom stereocenters. The predicted octanol–water partition coefficient (Wildman–Crippen LogP) is 8.86. The first-order valence-electron chi connectivity index (χ1n) is 12.8. The molecule has 3 saturated carbocycles. The summed E-state index contributed by atoms with van der Waals surface area (Å²) in [5.41, 5.74) is 3.26. The maximum absolute atomic E-state index is 2.49. The van der Waals surface area contributed by atoms with Gasteiger partial charge in [-0.3, -0.25) is 0 Å². The van der Waals surface area contributed by atoms with E-state index in [1.807, 2.05) is 0 Å². The molecular formula is C28H44. The lowest BCUT2D eigenvalue weighted by atomic mass is 9.68. The fourth-order valence-corrected chi connectivity index (χ4v) is 6.91. The van der Waals surface area contributed by atoms with Crippen LogP contribution in [0, 0.1) is 23.7 Å². The van der Waals surface area contributed by atoms with Crippen LogP contribution in [0.1, 0.15) is 127 Å². The van der Waals surface area contributed by atoms with Crippen molar-refractivity contribution in [3.8, 4) is 0 Å². The van der Waals surface area contributed by atoms with Gasteiger partial charge in [0.15, 0.2) is 0 Å². The third kappa shape index (κ3) is 5.03. The van der Waals surface area contributed by atoms with E-state index >= 15 is 0 Å². The summed E-state index contributed by atoms with van der Waals surface area (Å²) in [7, 11) is 0. The van der Waals surface area contributed by atoms with E-state index in [0.29, 0.717) is 0 Å². The van der Waals surface area contributed by atoms with Crippen LogP contribution < -0.4 is 0 Å². The third-order valence-electron chi connectivity index (χ3n) is 8.92. The Bertz CT molecular complexity index is 561. The first-order valence-corrected chi connectivity index (χ1v) is 12.8. The van der Waals surface area contributed by atoms with Crippen LogP contribution >= 0.6 is 0 Å². The SMILES string of the molecule is CCCC1CCC(C2CCC(c3ccc(C4CCC(C)CC4)cc3)CC2)CC1. The highest BCUT2D eigenvalue weighted by Gasteiger charge is 2.31. The van der Waals surface area contributed by atoms with Crippen molar-refractivity contribution in [1.29, 1.82) is 0 Å². The molecule has 3 fully saturated rings. The molecule has 0 heteroatoms. The second kappa shape index (κ2) is 9.82. The molecule has 0 saturated heterocycles. The molecule has 4 rings (SSSR count). The number of hydrogen-bond donors (Lipinski definition) is 0. The summed E-state index contributed by atoms with van der Waals surface area (Å²) in [5.74, 6) is 5.79. The highest BCUT2D eigenvalue weighted by atomic mass is 14.4. The van der Waals surface area contributed by atoms with Crippen LogP contribution in [0.5, 0.6) is 0 Å². The largest absolute Gasteiger partial charge is 0.0654 e. The molecule has 0 bridgehead atoms. The quantitative estimate of drug-likeness (QED) is 0.478. The molecule has 3 aliphatic carbocycles. The van der Waals surface area contributed by atoms with Gasteiger partial charge in [0.1, 0.15) is 0 Å². The Morgan fingerprint density at radius 1 is 0.607 bits per heavy atom. The number of hydrogen-bond acceptors (Lipinski definition) is 0. The van der Waals surface area contributed by atoms with E-state index in [1.165, 1.54) is 89.9 Å².